The number of aryl methyl sites for hydroxylation is 1. The lowest BCUT2D eigenvalue weighted by atomic mass is 10.1. The second kappa shape index (κ2) is 6.56. The fraction of sp³-hybridized carbons (Fsp3) is 0.125. The van der Waals surface area contributed by atoms with Crippen LogP contribution in [-0.2, 0) is 4.79 Å². The fourth-order valence-electron chi connectivity index (χ4n) is 1.83. The predicted octanol–water partition coefficient (Wildman–Crippen LogP) is 2.71. The minimum atomic E-state index is -0.985. The minimum Gasteiger partial charge on any atom is -0.484 e. The molecule has 2 rings (SSSR count). The third-order valence-corrected chi connectivity index (χ3v) is 2.86. The first-order valence-electron chi connectivity index (χ1n) is 6.38. The van der Waals surface area contributed by atoms with Crippen molar-refractivity contribution in [2.45, 2.75) is 6.92 Å². The van der Waals surface area contributed by atoms with Gasteiger partial charge in [-0.15, -0.1) is 0 Å². The Morgan fingerprint density at radius 1 is 1.14 bits per heavy atom. The van der Waals surface area contributed by atoms with Crippen LogP contribution in [0.15, 0.2) is 48.5 Å². The van der Waals surface area contributed by atoms with Crippen molar-refractivity contribution < 1.29 is 19.4 Å². The summed E-state index contributed by atoms with van der Waals surface area (Å²) < 4.78 is 5.35. The van der Waals surface area contributed by atoms with Gasteiger partial charge in [0.2, 0.25) is 0 Å². The molecule has 108 valence electrons. The third-order valence-electron chi connectivity index (χ3n) is 2.86. The molecule has 0 bridgehead atoms. The zero-order valence-corrected chi connectivity index (χ0v) is 11.5. The molecule has 0 heterocycles. The average Bonchev–Trinajstić information content (AvgIpc) is 2.46. The van der Waals surface area contributed by atoms with Crippen molar-refractivity contribution in [3.05, 3.63) is 59.7 Å². The molecular weight excluding hydrogens is 270 g/mol. The molecule has 0 aromatic heterocycles. The van der Waals surface area contributed by atoms with Crippen LogP contribution in [0.3, 0.4) is 0 Å². The maximum Gasteiger partial charge on any atom is 0.335 e. The van der Waals surface area contributed by atoms with E-state index >= 15 is 0 Å². The molecule has 5 heteroatoms. The van der Waals surface area contributed by atoms with Crippen LogP contribution in [0.5, 0.6) is 5.75 Å². The van der Waals surface area contributed by atoms with Gasteiger partial charge in [0.15, 0.2) is 6.61 Å². The number of hydrogen-bond acceptors (Lipinski definition) is 3. The molecule has 1 amide bonds. The highest BCUT2D eigenvalue weighted by Gasteiger charge is 2.09. The Morgan fingerprint density at radius 2 is 1.86 bits per heavy atom. The standard InChI is InChI=1S/C16H15NO4/c1-11-9-13(7-8-14(11)16(19)20)21-10-15(18)17-12-5-3-2-4-6-12/h2-9H,10H2,1H3,(H,17,18)(H,19,20). The number of carbonyl (C=O) groups is 2. The van der Waals surface area contributed by atoms with Crippen molar-refractivity contribution in [1.82, 2.24) is 0 Å². The van der Waals surface area contributed by atoms with Crippen LogP contribution in [0.1, 0.15) is 15.9 Å². The first-order valence-corrected chi connectivity index (χ1v) is 6.38. The minimum absolute atomic E-state index is 0.138. The van der Waals surface area contributed by atoms with E-state index in [1.54, 1.807) is 25.1 Å². The number of carboxylic acid groups (broad SMARTS) is 1. The van der Waals surface area contributed by atoms with E-state index in [0.29, 0.717) is 17.0 Å². The summed E-state index contributed by atoms with van der Waals surface area (Å²) >= 11 is 0. The van der Waals surface area contributed by atoms with E-state index in [1.165, 1.54) is 12.1 Å². The second-order valence-electron chi connectivity index (χ2n) is 4.48. The zero-order valence-electron chi connectivity index (χ0n) is 11.5. The molecule has 0 aliphatic rings. The molecule has 2 aromatic rings. The number of nitrogens with one attached hydrogen (secondary N) is 1. The highest BCUT2D eigenvalue weighted by Crippen LogP contribution is 2.17. The average molecular weight is 285 g/mol. The Hall–Kier alpha value is -2.82. The lowest BCUT2D eigenvalue weighted by Crippen LogP contribution is -2.20. The summed E-state index contributed by atoms with van der Waals surface area (Å²) in [5.41, 5.74) is 1.50. The molecule has 0 radical (unpaired) electrons. The van der Waals surface area contributed by atoms with Crippen LogP contribution < -0.4 is 10.1 Å². The summed E-state index contributed by atoms with van der Waals surface area (Å²) in [5.74, 6) is -0.803. The number of rotatable bonds is 5. The van der Waals surface area contributed by atoms with E-state index in [4.69, 9.17) is 9.84 Å². The zero-order chi connectivity index (χ0) is 15.2. The molecule has 2 N–H and O–H groups in total. The van der Waals surface area contributed by atoms with Gasteiger partial charge in [-0.1, -0.05) is 18.2 Å². The van der Waals surface area contributed by atoms with Crippen molar-refractivity contribution in [3.8, 4) is 5.75 Å². The Labute approximate surface area is 122 Å². The second-order valence-corrected chi connectivity index (χ2v) is 4.48. The maximum absolute atomic E-state index is 11.7. The van der Waals surface area contributed by atoms with Crippen molar-refractivity contribution in [2.24, 2.45) is 0 Å². The van der Waals surface area contributed by atoms with Gasteiger partial charge in [-0.3, -0.25) is 4.79 Å². The smallest absolute Gasteiger partial charge is 0.335 e. The van der Waals surface area contributed by atoms with Gasteiger partial charge in [0.1, 0.15) is 5.75 Å². The number of carbonyl (C=O) groups excluding carboxylic acids is 1. The Morgan fingerprint density at radius 3 is 2.48 bits per heavy atom. The molecule has 0 aliphatic carbocycles. The summed E-state index contributed by atoms with van der Waals surface area (Å²) in [6.45, 7) is 1.54. The monoisotopic (exact) mass is 285 g/mol. The van der Waals surface area contributed by atoms with E-state index in [1.807, 2.05) is 18.2 Å². The summed E-state index contributed by atoms with van der Waals surface area (Å²) in [6.07, 6.45) is 0. The number of benzene rings is 2. The lowest BCUT2D eigenvalue weighted by molar-refractivity contribution is -0.118. The molecule has 0 unspecified atom stereocenters. The van der Waals surface area contributed by atoms with Crippen molar-refractivity contribution in [3.63, 3.8) is 0 Å². The van der Waals surface area contributed by atoms with Crippen LogP contribution in [0.25, 0.3) is 0 Å². The number of carboxylic acids is 1. The maximum atomic E-state index is 11.7. The van der Waals surface area contributed by atoms with Gasteiger partial charge >= 0.3 is 5.97 Å². The Balaban J connectivity index is 1.92. The topological polar surface area (TPSA) is 75.6 Å². The number of hydrogen-bond donors (Lipinski definition) is 2. The van der Waals surface area contributed by atoms with Crippen LogP contribution in [0, 0.1) is 6.92 Å². The van der Waals surface area contributed by atoms with Crippen LogP contribution in [0.2, 0.25) is 0 Å². The molecule has 21 heavy (non-hydrogen) atoms. The van der Waals surface area contributed by atoms with Gasteiger partial charge in [-0.05, 0) is 42.8 Å². The molecular formula is C16H15NO4. The Kier molecular flexibility index (Phi) is 4.56. The van der Waals surface area contributed by atoms with E-state index in [2.05, 4.69) is 5.32 Å². The van der Waals surface area contributed by atoms with E-state index in [9.17, 15) is 9.59 Å². The first-order chi connectivity index (χ1) is 10.1. The van der Waals surface area contributed by atoms with Gasteiger partial charge in [-0.2, -0.15) is 0 Å². The first kappa shape index (κ1) is 14.6. The normalized spacial score (nSPS) is 9.95. The van der Waals surface area contributed by atoms with Crippen molar-refractivity contribution >= 4 is 17.6 Å². The largest absolute Gasteiger partial charge is 0.484 e. The number of anilines is 1. The molecule has 2 aromatic carbocycles. The summed E-state index contributed by atoms with van der Waals surface area (Å²) in [5, 5.41) is 11.6. The van der Waals surface area contributed by atoms with Crippen molar-refractivity contribution in [1.29, 1.82) is 0 Å². The molecule has 0 spiro atoms. The quantitative estimate of drug-likeness (QED) is 0.885. The highest BCUT2D eigenvalue weighted by molar-refractivity contribution is 5.92. The molecule has 0 saturated heterocycles. The third kappa shape index (κ3) is 4.07. The molecule has 0 aliphatic heterocycles. The Bertz CT molecular complexity index is 653. The molecule has 5 nitrogen and oxygen atoms in total. The molecule has 0 atom stereocenters. The molecule has 0 fully saturated rings. The van der Waals surface area contributed by atoms with Crippen LogP contribution in [0.4, 0.5) is 5.69 Å². The molecule has 0 saturated carbocycles. The van der Waals surface area contributed by atoms with Gasteiger partial charge in [0, 0.05) is 5.69 Å². The fourth-order valence-corrected chi connectivity index (χ4v) is 1.83. The predicted molar refractivity (Wildman–Crippen MR) is 78.7 cm³/mol. The summed E-state index contributed by atoms with van der Waals surface area (Å²) in [4.78, 5) is 22.6. The number of amides is 1. The number of aromatic carboxylic acids is 1. The van der Waals surface area contributed by atoms with E-state index in [0.717, 1.165) is 0 Å². The van der Waals surface area contributed by atoms with Gasteiger partial charge < -0.3 is 15.2 Å². The van der Waals surface area contributed by atoms with Gasteiger partial charge in [0.25, 0.3) is 5.91 Å². The summed E-state index contributed by atoms with van der Waals surface area (Å²) in [6, 6.07) is 13.7. The van der Waals surface area contributed by atoms with E-state index < -0.39 is 5.97 Å². The lowest BCUT2D eigenvalue weighted by Gasteiger charge is -2.09. The van der Waals surface area contributed by atoms with Crippen LogP contribution >= 0.6 is 0 Å². The van der Waals surface area contributed by atoms with Crippen molar-refractivity contribution in [2.75, 3.05) is 11.9 Å². The highest BCUT2D eigenvalue weighted by atomic mass is 16.5. The van der Waals surface area contributed by atoms with Crippen LogP contribution in [-0.4, -0.2) is 23.6 Å². The van der Waals surface area contributed by atoms with Gasteiger partial charge in [-0.25, -0.2) is 4.79 Å². The SMILES string of the molecule is Cc1cc(OCC(=O)Nc2ccccc2)ccc1C(=O)O. The number of ether oxygens (including phenoxy) is 1. The summed E-state index contributed by atoms with van der Waals surface area (Å²) in [7, 11) is 0. The number of para-hydroxylation sites is 1. The van der Waals surface area contributed by atoms with Gasteiger partial charge in [0.05, 0.1) is 5.56 Å². The van der Waals surface area contributed by atoms with E-state index in [-0.39, 0.29) is 18.1 Å².